The fourth-order valence-corrected chi connectivity index (χ4v) is 2.25. The van der Waals surface area contributed by atoms with E-state index in [2.05, 4.69) is 12.2 Å². The van der Waals surface area contributed by atoms with Gasteiger partial charge >= 0.3 is 0 Å². The predicted molar refractivity (Wildman–Crippen MR) is 95.6 cm³/mol. The molecule has 128 valence electrons. The Morgan fingerprint density at radius 1 is 1.04 bits per heavy atom. The van der Waals surface area contributed by atoms with Gasteiger partial charge in [0.1, 0.15) is 18.1 Å². The van der Waals surface area contributed by atoms with Gasteiger partial charge in [0.05, 0.1) is 6.54 Å². The summed E-state index contributed by atoms with van der Waals surface area (Å²) in [6, 6.07) is 15.4. The van der Waals surface area contributed by atoms with Gasteiger partial charge in [0.2, 0.25) is 0 Å². The van der Waals surface area contributed by atoms with E-state index in [0.717, 1.165) is 17.1 Å². The largest absolute Gasteiger partial charge is 0.492 e. The fraction of sp³-hybridized carbons (Fsp3) is 0.350. The highest BCUT2D eigenvalue weighted by atomic mass is 16.5. The van der Waals surface area contributed by atoms with Crippen LogP contribution in [0.5, 0.6) is 11.5 Å². The van der Waals surface area contributed by atoms with Crippen LogP contribution in [0.4, 0.5) is 0 Å². The molecule has 0 aliphatic heterocycles. The highest BCUT2D eigenvalue weighted by Gasteiger charge is 2.18. The van der Waals surface area contributed by atoms with Crippen molar-refractivity contribution in [2.24, 2.45) is 0 Å². The number of rotatable bonds is 8. The first-order valence-electron chi connectivity index (χ1n) is 8.29. The highest BCUT2D eigenvalue weighted by Crippen LogP contribution is 2.18. The number of benzene rings is 2. The maximum atomic E-state index is 12.3. The zero-order valence-electron chi connectivity index (χ0n) is 14.5. The van der Waals surface area contributed by atoms with Crippen LogP contribution in [0.2, 0.25) is 0 Å². The molecule has 24 heavy (non-hydrogen) atoms. The third-order valence-corrected chi connectivity index (χ3v) is 3.83. The van der Waals surface area contributed by atoms with Crippen molar-refractivity contribution in [3.8, 4) is 11.5 Å². The van der Waals surface area contributed by atoms with Crippen LogP contribution in [0.1, 0.15) is 24.5 Å². The molecule has 1 atom stereocenters. The number of nitrogens with one attached hydrogen (secondary N) is 1. The standard InChI is InChI=1S/C20H25NO3/c1-4-19(24-18-11-10-15(2)16(3)14-18)20(22)21-12-13-23-17-8-6-5-7-9-17/h5-11,14,19H,4,12-13H2,1-3H3,(H,21,22). The van der Waals surface area contributed by atoms with Crippen molar-refractivity contribution < 1.29 is 14.3 Å². The van der Waals surface area contributed by atoms with Gasteiger partial charge in [-0.3, -0.25) is 4.79 Å². The molecule has 0 heterocycles. The number of amides is 1. The summed E-state index contributed by atoms with van der Waals surface area (Å²) >= 11 is 0. The molecule has 2 aromatic rings. The van der Waals surface area contributed by atoms with E-state index < -0.39 is 6.10 Å². The van der Waals surface area contributed by atoms with Crippen LogP contribution in [-0.4, -0.2) is 25.2 Å². The molecule has 0 saturated carbocycles. The van der Waals surface area contributed by atoms with Crippen LogP contribution in [0.15, 0.2) is 48.5 Å². The van der Waals surface area contributed by atoms with Crippen molar-refractivity contribution in [3.63, 3.8) is 0 Å². The lowest BCUT2D eigenvalue weighted by molar-refractivity contribution is -0.128. The molecule has 1 unspecified atom stereocenters. The van der Waals surface area contributed by atoms with Crippen LogP contribution < -0.4 is 14.8 Å². The summed E-state index contributed by atoms with van der Waals surface area (Å²) in [4.78, 5) is 12.3. The summed E-state index contributed by atoms with van der Waals surface area (Å²) in [6.07, 6.45) is 0.113. The topological polar surface area (TPSA) is 47.6 Å². The van der Waals surface area contributed by atoms with E-state index in [1.54, 1.807) is 0 Å². The molecular formula is C20H25NO3. The van der Waals surface area contributed by atoms with Gasteiger partial charge in [0, 0.05) is 0 Å². The second-order valence-electron chi connectivity index (χ2n) is 5.71. The van der Waals surface area contributed by atoms with Crippen molar-refractivity contribution in [1.29, 1.82) is 0 Å². The molecule has 0 saturated heterocycles. The smallest absolute Gasteiger partial charge is 0.261 e. The third kappa shape index (κ3) is 5.30. The molecule has 0 fully saturated rings. The lowest BCUT2D eigenvalue weighted by Gasteiger charge is -2.18. The van der Waals surface area contributed by atoms with Gasteiger partial charge < -0.3 is 14.8 Å². The second-order valence-corrected chi connectivity index (χ2v) is 5.71. The SMILES string of the molecule is CCC(Oc1ccc(C)c(C)c1)C(=O)NCCOc1ccccc1. The minimum atomic E-state index is -0.496. The minimum absolute atomic E-state index is 0.118. The summed E-state index contributed by atoms with van der Waals surface area (Å²) in [7, 11) is 0. The Morgan fingerprint density at radius 3 is 2.46 bits per heavy atom. The van der Waals surface area contributed by atoms with Crippen LogP contribution in [0.3, 0.4) is 0 Å². The number of carbonyl (C=O) groups excluding carboxylic acids is 1. The normalized spacial score (nSPS) is 11.6. The first kappa shape index (κ1) is 17.9. The zero-order chi connectivity index (χ0) is 17.4. The van der Waals surface area contributed by atoms with Gasteiger partial charge in [-0.15, -0.1) is 0 Å². The van der Waals surface area contributed by atoms with E-state index in [1.165, 1.54) is 5.56 Å². The Morgan fingerprint density at radius 2 is 1.79 bits per heavy atom. The first-order chi connectivity index (χ1) is 11.6. The molecule has 1 amide bonds. The van der Waals surface area contributed by atoms with Gasteiger partial charge in [0.25, 0.3) is 5.91 Å². The molecular weight excluding hydrogens is 302 g/mol. The molecule has 4 heteroatoms. The van der Waals surface area contributed by atoms with Gasteiger partial charge in [0.15, 0.2) is 6.10 Å². The number of ether oxygens (including phenoxy) is 2. The molecule has 0 aromatic heterocycles. The van der Waals surface area contributed by atoms with Crippen molar-refractivity contribution in [3.05, 3.63) is 59.7 Å². The molecule has 0 aliphatic carbocycles. The summed E-state index contributed by atoms with van der Waals surface area (Å²) in [6.45, 7) is 6.89. The molecule has 0 radical (unpaired) electrons. The number of hydrogen-bond donors (Lipinski definition) is 1. The average Bonchev–Trinajstić information content (AvgIpc) is 2.60. The predicted octanol–water partition coefficient (Wildman–Crippen LogP) is 3.66. The van der Waals surface area contributed by atoms with E-state index in [9.17, 15) is 4.79 Å². The van der Waals surface area contributed by atoms with E-state index >= 15 is 0 Å². The molecule has 0 spiro atoms. The monoisotopic (exact) mass is 327 g/mol. The third-order valence-electron chi connectivity index (χ3n) is 3.83. The number of carbonyl (C=O) groups is 1. The van der Waals surface area contributed by atoms with E-state index in [-0.39, 0.29) is 5.91 Å². The maximum Gasteiger partial charge on any atom is 0.261 e. The zero-order valence-corrected chi connectivity index (χ0v) is 14.5. The van der Waals surface area contributed by atoms with E-state index in [0.29, 0.717) is 19.6 Å². The number of aryl methyl sites for hydroxylation is 2. The molecule has 1 N–H and O–H groups in total. The highest BCUT2D eigenvalue weighted by molar-refractivity contribution is 5.81. The second kappa shape index (κ2) is 8.96. The van der Waals surface area contributed by atoms with Gasteiger partial charge in [-0.05, 0) is 55.7 Å². The first-order valence-corrected chi connectivity index (χ1v) is 8.29. The lowest BCUT2D eigenvalue weighted by atomic mass is 10.1. The Kier molecular flexibility index (Phi) is 6.67. The maximum absolute atomic E-state index is 12.3. The Hall–Kier alpha value is -2.49. The number of para-hydroxylation sites is 1. The Bertz CT molecular complexity index is 655. The summed E-state index contributed by atoms with van der Waals surface area (Å²) in [5.41, 5.74) is 2.36. The molecule has 0 aliphatic rings. The van der Waals surface area contributed by atoms with E-state index in [1.807, 2.05) is 62.4 Å². The van der Waals surface area contributed by atoms with Crippen LogP contribution in [0, 0.1) is 13.8 Å². The summed E-state index contributed by atoms with van der Waals surface area (Å²) < 4.78 is 11.4. The molecule has 2 aromatic carbocycles. The van der Waals surface area contributed by atoms with Crippen molar-refractivity contribution in [2.45, 2.75) is 33.3 Å². The molecule has 0 bridgehead atoms. The quantitative estimate of drug-likeness (QED) is 0.753. The van der Waals surface area contributed by atoms with Crippen LogP contribution >= 0.6 is 0 Å². The van der Waals surface area contributed by atoms with Crippen molar-refractivity contribution in [1.82, 2.24) is 5.32 Å². The van der Waals surface area contributed by atoms with E-state index in [4.69, 9.17) is 9.47 Å². The lowest BCUT2D eigenvalue weighted by Crippen LogP contribution is -2.39. The Balaban J connectivity index is 1.79. The van der Waals surface area contributed by atoms with Gasteiger partial charge in [-0.25, -0.2) is 0 Å². The molecule has 4 nitrogen and oxygen atoms in total. The summed E-state index contributed by atoms with van der Waals surface area (Å²) in [5, 5.41) is 2.86. The summed E-state index contributed by atoms with van der Waals surface area (Å²) in [5.74, 6) is 1.40. The van der Waals surface area contributed by atoms with Gasteiger partial charge in [-0.1, -0.05) is 31.2 Å². The fourth-order valence-electron chi connectivity index (χ4n) is 2.25. The Labute approximate surface area is 143 Å². The van der Waals surface area contributed by atoms with Crippen LogP contribution in [0.25, 0.3) is 0 Å². The van der Waals surface area contributed by atoms with Crippen LogP contribution in [-0.2, 0) is 4.79 Å². The average molecular weight is 327 g/mol. The minimum Gasteiger partial charge on any atom is -0.492 e. The number of hydrogen-bond acceptors (Lipinski definition) is 3. The molecule has 2 rings (SSSR count). The van der Waals surface area contributed by atoms with Crippen molar-refractivity contribution >= 4 is 5.91 Å². The van der Waals surface area contributed by atoms with Gasteiger partial charge in [-0.2, -0.15) is 0 Å². The van der Waals surface area contributed by atoms with Crippen molar-refractivity contribution in [2.75, 3.05) is 13.2 Å².